The molecule has 0 amide bonds. The van der Waals surface area contributed by atoms with Gasteiger partial charge in [-0.1, -0.05) is 0 Å². The second-order valence-electron chi connectivity index (χ2n) is 3.49. The summed E-state index contributed by atoms with van der Waals surface area (Å²) in [6.07, 6.45) is 5.07. The number of nitrogens with zero attached hydrogens (tertiary/aromatic N) is 2. The first kappa shape index (κ1) is 9.21. The zero-order valence-electron chi connectivity index (χ0n) is 8.62. The third kappa shape index (κ3) is 1.63. The molecule has 3 nitrogen and oxygen atoms in total. The number of nitrogens with one attached hydrogen (secondary N) is 1. The maximum Gasteiger partial charge on any atom is 0.110 e. The van der Waals surface area contributed by atoms with E-state index in [1.807, 2.05) is 20.2 Å². The number of aryl methyl sites for hydroxylation is 1. The SMILES string of the molecule is CNCCc1ccn2c(C)ncc2c1. The Morgan fingerprint density at radius 3 is 3.14 bits per heavy atom. The molecule has 0 spiro atoms. The van der Waals surface area contributed by atoms with Crippen LogP contribution in [-0.2, 0) is 6.42 Å². The Kier molecular flexibility index (Phi) is 2.50. The first-order chi connectivity index (χ1) is 6.81. The number of likely N-dealkylation sites (N-methyl/N-ethyl adjacent to an activating group) is 1. The smallest absolute Gasteiger partial charge is 0.110 e. The van der Waals surface area contributed by atoms with Gasteiger partial charge < -0.3 is 9.72 Å². The van der Waals surface area contributed by atoms with Crippen LogP contribution in [0.2, 0.25) is 0 Å². The standard InChI is InChI=1S/C11H15N3/c1-9-13-8-11-7-10(3-5-12-2)4-6-14(9)11/h4,6-8,12H,3,5H2,1-2H3. The molecule has 0 saturated carbocycles. The third-order valence-corrected chi connectivity index (χ3v) is 2.45. The molecule has 0 saturated heterocycles. The minimum atomic E-state index is 1.02. The summed E-state index contributed by atoms with van der Waals surface area (Å²) in [5.41, 5.74) is 2.53. The Hall–Kier alpha value is -1.35. The van der Waals surface area contributed by atoms with Gasteiger partial charge in [-0.05, 0) is 44.6 Å². The van der Waals surface area contributed by atoms with Crippen LogP contribution in [0.4, 0.5) is 0 Å². The van der Waals surface area contributed by atoms with E-state index < -0.39 is 0 Å². The van der Waals surface area contributed by atoms with E-state index in [1.54, 1.807) is 0 Å². The number of imidazole rings is 1. The second kappa shape index (κ2) is 3.80. The van der Waals surface area contributed by atoms with Crippen molar-refractivity contribution in [3.63, 3.8) is 0 Å². The molecule has 0 atom stereocenters. The maximum atomic E-state index is 4.26. The average molecular weight is 189 g/mol. The molecule has 2 heterocycles. The highest BCUT2D eigenvalue weighted by atomic mass is 15.0. The lowest BCUT2D eigenvalue weighted by Gasteiger charge is -2.02. The quantitative estimate of drug-likeness (QED) is 0.791. The van der Waals surface area contributed by atoms with Crippen LogP contribution >= 0.6 is 0 Å². The lowest BCUT2D eigenvalue weighted by Crippen LogP contribution is -2.10. The van der Waals surface area contributed by atoms with Crippen LogP contribution in [0.25, 0.3) is 5.52 Å². The molecule has 0 aliphatic heterocycles. The summed E-state index contributed by atoms with van der Waals surface area (Å²) < 4.78 is 2.10. The van der Waals surface area contributed by atoms with Gasteiger partial charge >= 0.3 is 0 Å². The number of hydrogen-bond donors (Lipinski definition) is 1. The summed E-state index contributed by atoms with van der Waals surface area (Å²) in [6.45, 7) is 3.03. The Morgan fingerprint density at radius 1 is 1.50 bits per heavy atom. The molecule has 3 heteroatoms. The highest BCUT2D eigenvalue weighted by Gasteiger charge is 1.99. The third-order valence-electron chi connectivity index (χ3n) is 2.45. The van der Waals surface area contributed by atoms with Crippen LogP contribution in [0.1, 0.15) is 11.4 Å². The van der Waals surface area contributed by atoms with Gasteiger partial charge in [-0.3, -0.25) is 0 Å². The fourth-order valence-corrected chi connectivity index (χ4v) is 1.60. The summed E-state index contributed by atoms with van der Waals surface area (Å²) in [6, 6.07) is 4.34. The largest absolute Gasteiger partial charge is 0.319 e. The van der Waals surface area contributed by atoms with Crippen molar-refractivity contribution in [1.82, 2.24) is 14.7 Å². The molecular formula is C11H15N3. The molecule has 0 unspecified atom stereocenters. The summed E-state index contributed by atoms with van der Waals surface area (Å²) >= 11 is 0. The molecule has 0 aliphatic carbocycles. The van der Waals surface area contributed by atoms with E-state index in [2.05, 4.69) is 33.0 Å². The van der Waals surface area contributed by atoms with Gasteiger partial charge in [0.05, 0.1) is 11.7 Å². The highest BCUT2D eigenvalue weighted by molar-refractivity contribution is 5.48. The fraction of sp³-hybridized carbons (Fsp3) is 0.364. The summed E-state index contributed by atoms with van der Waals surface area (Å²) in [7, 11) is 1.97. The van der Waals surface area contributed by atoms with E-state index in [0.717, 1.165) is 18.8 Å². The van der Waals surface area contributed by atoms with Crippen molar-refractivity contribution in [2.24, 2.45) is 0 Å². The van der Waals surface area contributed by atoms with E-state index in [9.17, 15) is 0 Å². The lowest BCUT2D eigenvalue weighted by atomic mass is 10.2. The van der Waals surface area contributed by atoms with Crippen LogP contribution < -0.4 is 5.32 Å². The lowest BCUT2D eigenvalue weighted by molar-refractivity contribution is 0.791. The summed E-state index contributed by atoms with van der Waals surface area (Å²) in [5.74, 6) is 1.04. The molecule has 0 fully saturated rings. The van der Waals surface area contributed by atoms with E-state index in [-0.39, 0.29) is 0 Å². The fourth-order valence-electron chi connectivity index (χ4n) is 1.60. The summed E-state index contributed by atoms with van der Waals surface area (Å²) in [5, 5.41) is 3.15. The van der Waals surface area contributed by atoms with E-state index in [4.69, 9.17) is 0 Å². The van der Waals surface area contributed by atoms with Crippen LogP contribution in [0, 0.1) is 6.92 Å². The number of pyridine rings is 1. The Labute approximate surface area is 83.8 Å². The van der Waals surface area contributed by atoms with Crippen LogP contribution in [0.3, 0.4) is 0 Å². The molecule has 0 radical (unpaired) electrons. The second-order valence-corrected chi connectivity index (χ2v) is 3.49. The number of fused-ring (bicyclic) bond motifs is 1. The normalized spacial score (nSPS) is 11.0. The predicted molar refractivity (Wildman–Crippen MR) is 57.6 cm³/mol. The zero-order valence-corrected chi connectivity index (χ0v) is 8.62. The molecule has 74 valence electrons. The van der Waals surface area contributed by atoms with Crippen molar-refractivity contribution in [2.45, 2.75) is 13.3 Å². The molecule has 0 aromatic carbocycles. The Morgan fingerprint density at radius 2 is 2.36 bits per heavy atom. The molecule has 0 aliphatic rings. The molecule has 14 heavy (non-hydrogen) atoms. The van der Waals surface area contributed by atoms with Crippen molar-refractivity contribution >= 4 is 5.52 Å². The van der Waals surface area contributed by atoms with Gasteiger partial charge in [-0.25, -0.2) is 4.98 Å². The first-order valence-corrected chi connectivity index (χ1v) is 4.88. The average Bonchev–Trinajstić information content (AvgIpc) is 2.57. The van der Waals surface area contributed by atoms with Gasteiger partial charge in [0.25, 0.3) is 0 Å². The van der Waals surface area contributed by atoms with Crippen molar-refractivity contribution in [3.05, 3.63) is 35.9 Å². The molecular weight excluding hydrogens is 174 g/mol. The van der Waals surface area contributed by atoms with E-state index in [0.29, 0.717) is 0 Å². The first-order valence-electron chi connectivity index (χ1n) is 4.88. The van der Waals surface area contributed by atoms with Crippen molar-refractivity contribution in [1.29, 1.82) is 0 Å². The summed E-state index contributed by atoms with van der Waals surface area (Å²) in [4.78, 5) is 4.26. The highest BCUT2D eigenvalue weighted by Crippen LogP contribution is 2.09. The van der Waals surface area contributed by atoms with Crippen molar-refractivity contribution in [3.8, 4) is 0 Å². The molecule has 0 bridgehead atoms. The zero-order chi connectivity index (χ0) is 9.97. The monoisotopic (exact) mass is 189 g/mol. The van der Waals surface area contributed by atoms with Crippen molar-refractivity contribution < 1.29 is 0 Å². The topological polar surface area (TPSA) is 29.3 Å². The minimum Gasteiger partial charge on any atom is -0.319 e. The van der Waals surface area contributed by atoms with Gasteiger partial charge in [0.1, 0.15) is 5.82 Å². The predicted octanol–water partition coefficient (Wildman–Crippen LogP) is 1.40. The molecule has 2 aromatic heterocycles. The van der Waals surface area contributed by atoms with E-state index >= 15 is 0 Å². The Bertz CT molecular complexity index is 431. The number of rotatable bonds is 3. The molecule has 2 aromatic rings. The van der Waals surface area contributed by atoms with Crippen molar-refractivity contribution in [2.75, 3.05) is 13.6 Å². The number of hydrogen-bond acceptors (Lipinski definition) is 2. The van der Waals surface area contributed by atoms with Gasteiger partial charge in [0.2, 0.25) is 0 Å². The maximum absolute atomic E-state index is 4.26. The Balaban J connectivity index is 2.32. The number of aromatic nitrogens is 2. The van der Waals surface area contributed by atoms with E-state index in [1.165, 1.54) is 11.1 Å². The van der Waals surface area contributed by atoms with Gasteiger partial charge in [0, 0.05) is 6.20 Å². The van der Waals surface area contributed by atoms with Gasteiger partial charge in [-0.2, -0.15) is 0 Å². The van der Waals surface area contributed by atoms with Crippen LogP contribution in [-0.4, -0.2) is 23.0 Å². The van der Waals surface area contributed by atoms with Gasteiger partial charge in [-0.15, -0.1) is 0 Å². The van der Waals surface area contributed by atoms with Gasteiger partial charge in [0.15, 0.2) is 0 Å². The van der Waals surface area contributed by atoms with Crippen LogP contribution in [0.15, 0.2) is 24.5 Å². The molecule has 1 N–H and O–H groups in total. The minimum absolute atomic E-state index is 1.02. The van der Waals surface area contributed by atoms with Crippen LogP contribution in [0.5, 0.6) is 0 Å². The molecule has 2 rings (SSSR count).